The van der Waals surface area contributed by atoms with Gasteiger partial charge in [0.05, 0.1) is 12.2 Å². The van der Waals surface area contributed by atoms with Crippen molar-refractivity contribution in [3.8, 4) is 0 Å². The summed E-state index contributed by atoms with van der Waals surface area (Å²) < 4.78 is 1.88. The predicted octanol–water partition coefficient (Wildman–Crippen LogP) is 2.47. The first-order valence-electron chi connectivity index (χ1n) is 9.69. The number of benzene rings is 1. The molecule has 0 aliphatic carbocycles. The fraction of sp³-hybridized carbons (Fsp3) is 0.550. The molecule has 2 saturated heterocycles. The van der Waals surface area contributed by atoms with Gasteiger partial charge in [0.2, 0.25) is 0 Å². The lowest BCUT2D eigenvalue weighted by Gasteiger charge is -2.36. The van der Waals surface area contributed by atoms with E-state index in [0.717, 1.165) is 45.4 Å². The van der Waals surface area contributed by atoms with E-state index < -0.39 is 0 Å². The number of hydrogen-bond donors (Lipinski definition) is 1. The van der Waals surface area contributed by atoms with E-state index in [2.05, 4.69) is 52.9 Å². The van der Waals surface area contributed by atoms with Crippen molar-refractivity contribution >= 4 is 5.91 Å². The highest BCUT2D eigenvalue weighted by Gasteiger charge is 2.31. The van der Waals surface area contributed by atoms with Crippen molar-refractivity contribution in [3.63, 3.8) is 0 Å². The van der Waals surface area contributed by atoms with Crippen LogP contribution in [0.2, 0.25) is 0 Å². The van der Waals surface area contributed by atoms with Gasteiger partial charge >= 0.3 is 0 Å². The third-order valence-electron chi connectivity index (χ3n) is 5.83. The van der Waals surface area contributed by atoms with Crippen LogP contribution in [0.5, 0.6) is 0 Å². The van der Waals surface area contributed by atoms with E-state index in [9.17, 15) is 4.79 Å². The van der Waals surface area contributed by atoms with E-state index >= 15 is 0 Å². The van der Waals surface area contributed by atoms with E-state index in [-0.39, 0.29) is 5.91 Å². The minimum absolute atomic E-state index is 0.0172. The summed E-state index contributed by atoms with van der Waals surface area (Å²) in [6, 6.07) is 11.0. The highest BCUT2D eigenvalue weighted by molar-refractivity contribution is 5.92. The van der Waals surface area contributed by atoms with Gasteiger partial charge in [-0.05, 0) is 49.8 Å². The summed E-state index contributed by atoms with van der Waals surface area (Å²) in [5.74, 6) is 0.976. The molecular weight excluding hydrogens is 326 g/mol. The lowest BCUT2D eigenvalue weighted by atomic mass is 9.81. The van der Waals surface area contributed by atoms with Gasteiger partial charge in [-0.25, -0.2) is 4.68 Å². The lowest BCUT2D eigenvalue weighted by Crippen LogP contribution is -2.42. The summed E-state index contributed by atoms with van der Waals surface area (Å²) in [6.45, 7) is 5.79. The third kappa shape index (κ3) is 3.51. The zero-order valence-corrected chi connectivity index (χ0v) is 15.3. The number of rotatable bonds is 3. The van der Waals surface area contributed by atoms with E-state index in [1.54, 1.807) is 0 Å². The Kier molecular flexibility index (Phi) is 5.02. The van der Waals surface area contributed by atoms with E-state index in [1.807, 2.05) is 15.8 Å². The van der Waals surface area contributed by atoms with Crippen LogP contribution in [0.3, 0.4) is 0 Å². The topological polar surface area (TPSA) is 63.1 Å². The Hall–Kier alpha value is -2.21. The first-order valence-corrected chi connectivity index (χ1v) is 9.69. The number of likely N-dealkylation sites (tertiary alicyclic amines) is 1. The first kappa shape index (κ1) is 17.2. The van der Waals surface area contributed by atoms with Gasteiger partial charge in [-0.1, -0.05) is 42.5 Å². The van der Waals surface area contributed by atoms with Crippen LogP contribution in [-0.2, 0) is 0 Å². The molecule has 26 heavy (non-hydrogen) atoms. The highest BCUT2D eigenvalue weighted by Crippen LogP contribution is 2.33. The smallest absolute Gasteiger partial charge is 0.276 e. The van der Waals surface area contributed by atoms with Gasteiger partial charge < -0.3 is 10.2 Å². The number of nitrogens with one attached hydrogen (secondary N) is 1. The van der Waals surface area contributed by atoms with Gasteiger partial charge in [0.1, 0.15) is 0 Å². The maximum Gasteiger partial charge on any atom is 0.276 e. The molecule has 0 bridgehead atoms. The molecular formula is C20H27N5O. The number of carbonyl (C=O) groups excluding carboxylic acids is 1. The van der Waals surface area contributed by atoms with Gasteiger partial charge in [-0.2, -0.15) is 0 Å². The molecule has 3 heterocycles. The molecule has 2 aliphatic rings. The minimum Gasteiger partial charge on any atom is -0.337 e. The Balaban J connectivity index is 1.41. The third-order valence-corrected chi connectivity index (χ3v) is 5.83. The molecule has 6 heteroatoms. The van der Waals surface area contributed by atoms with Crippen molar-refractivity contribution in [1.29, 1.82) is 0 Å². The number of amides is 1. The Morgan fingerprint density at radius 3 is 2.65 bits per heavy atom. The molecule has 138 valence electrons. The quantitative estimate of drug-likeness (QED) is 0.921. The van der Waals surface area contributed by atoms with Crippen molar-refractivity contribution in [2.75, 3.05) is 26.2 Å². The minimum atomic E-state index is 0.0172. The van der Waals surface area contributed by atoms with Crippen molar-refractivity contribution < 1.29 is 4.79 Å². The van der Waals surface area contributed by atoms with E-state index in [1.165, 1.54) is 5.56 Å². The number of nitrogens with zero attached hydrogens (tertiary/aromatic N) is 4. The van der Waals surface area contributed by atoms with Crippen LogP contribution in [0.1, 0.15) is 54.2 Å². The summed E-state index contributed by atoms with van der Waals surface area (Å²) in [7, 11) is 0. The van der Waals surface area contributed by atoms with Crippen LogP contribution in [0.25, 0.3) is 0 Å². The van der Waals surface area contributed by atoms with Gasteiger partial charge in [0, 0.05) is 13.1 Å². The zero-order valence-electron chi connectivity index (χ0n) is 15.3. The highest BCUT2D eigenvalue weighted by atomic mass is 16.2. The molecule has 6 nitrogen and oxygen atoms in total. The Morgan fingerprint density at radius 2 is 1.92 bits per heavy atom. The van der Waals surface area contributed by atoms with Gasteiger partial charge in [0.15, 0.2) is 5.69 Å². The second kappa shape index (κ2) is 7.58. The molecule has 4 rings (SSSR count). The largest absolute Gasteiger partial charge is 0.337 e. The maximum absolute atomic E-state index is 12.9. The SMILES string of the molecule is C[C@H]1CN(C(=O)c2cn(C3CCNCC3)nn2)CC[C@H]1c1ccccc1. The van der Waals surface area contributed by atoms with Crippen LogP contribution >= 0.6 is 0 Å². The fourth-order valence-corrected chi connectivity index (χ4v) is 4.31. The molecule has 1 aromatic carbocycles. The second-order valence-corrected chi connectivity index (χ2v) is 7.60. The summed E-state index contributed by atoms with van der Waals surface area (Å²) in [4.78, 5) is 14.8. The number of hydrogen-bond acceptors (Lipinski definition) is 4. The molecule has 0 radical (unpaired) electrons. The summed E-state index contributed by atoms with van der Waals surface area (Å²) in [5.41, 5.74) is 1.86. The summed E-state index contributed by atoms with van der Waals surface area (Å²) in [5, 5.41) is 11.8. The van der Waals surface area contributed by atoms with Gasteiger partial charge in [-0.15, -0.1) is 5.10 Å². The molecule has 1 N–H and O–H groups in total. The molecule has 2 aromatic rings. The van der Waals surface area contributed by atoms with Crippen LogP contribution < -0.4 is 5.32 Å². The molecule has 2 fully saturated rings. The van der Waals surface area contributed by atoms with Crippen LogP contribution in [0.4, 0.5) is 0 Å². The summed E-state index contributed by atoms with van der Waals surface area (Å²) in [6.07, 6.45) is 4.92. The van der Waals surface area contributed by atoms with E-state index in [4.69, 9.17) is 0 Å². The monoisotopic (exact) mass is 353 g/mol. The maximum atomic E-state index is 12.9. The van der Waals surface area contributed by atoms with Crippen molar-refractivity contribution in [3.05, 3.63) is 47.8 Å². The van der Waals surface area contributed by atoms with Crippen LogP contribution in [0, 0.1) is 5.92 Å². The standard InChI is InChI=1S/C20H27N5O/c1-15-13-24(12-9-18(15)16-5-3-2-4-6-16)20(26)19-14-25(23-22-19)17-7-10-21-11-8-17/h2-6,14-15,17-18,21H,7-13H2,1H3/t15-,18+/m0/s1. The Labute approximate surface area is 154 Å². The fourth-order valence-electron chi connectivity index (χ4n) is 4.31. The predicted molar refractivity (Wildman–Crippen MR) is 100 cm³/mol. The molecule has 1 amide bonds. The first-order chi connectivity index (χ1) is 12.7. The average molecular weight is 353 g/mol. The summed E-state index contributed by atoms with van der Waals surface area (Å²) >= 11 is 0. The molecule has 2 atom stereocenters. The molecule has 0 saturated carbocycles. The van der Waals surface area contributed by atoms with E-state index in [0.29, 0.717) is 23.6 Å². The van der Waals surface area contributed by atoms with Crippen LogP contribution in [-0.4, -0.2) is 52.0 Å². The Morgan fingerprint density at radius 1 is 1.15 bits per heavy atom. The van der Waals surface area contributed by atoms with Crippen molar-refractivity contribution in [2.24, 2.45) is 5.92 Å². The molecule has 2 aliphatic heterocycles. The van der Waals surface area contributed by atoms with Crippen molar-refractivity contribution in [1.82, 2.24) is 25.2 Å². The average Bonchev–Trinajstić information content (AvgIpc) is 3.19. The number of aromatic nitrogens is 3. The number of piperidine rings is 2. The van der Waals surface area contributed by atoms with Crippen LogP contribution in [0.15, 0.2) is 36.5 Å². The van der Waals surface area contributed by atoms with Gasteiger partial charge in [0.25, 0.3) is 5.91 Å². The second-order valence-electron chi connectivity index (χ2n) is 7.60. The lowest BCUT2D eigenvalue weighted by molar-refractivity contribution is 0.0654. The normalized spacial score (nSPS) is 24.6. The number of carbonyl (C=O) groups is 1. The molecule has 0 spiro atoms. The van der Waals surface area contributed by atoms with Gasteiger partial charge in [-0.3, -0.25) is 4.79 Å². The van der Waals surface area contributed by atoms with Crippen molar-refractivity contribution in [2.45, 2.75) is 38.1 Å². The Bertz CT molecular complexity index is 738. The zero-order chi connectivity index (χ0) is 17.9. The molecule has 1 aromatic heterocycles. The molecule has 0 unspecified atom stereocenters.